The monoisotopic (exact) mass is 657 g/mol. The molecule has 4 heterocycles. The minimum atomic E-state index is -0.477. The normalized spacial score (nSPS) is 20.1. The van der Waals surface area contributed by atoms with Crippen LogP contribution in [0.4, 0.5) is 16.0 Å². The van der Waals surface area contributed by atoms with Crippen molar-refractivity contribution in [3.63, 3.8) is 0 Å². The van der Waals surface area contributed by atoms with Crippen LogP contribution >= 0.6 is 0 Å². The fraction of sp³-hybridized carbons (Fsp3) is 0.579. The van der Waals surface area contributed by atoms with Gasteiger partial charge < -0.3 is 24.3 Å². The van der Waals surface area contributed by atoms with Gasteiger partial charge >= 0.3 is 0 Å². The highest BCUT2D eigenvalue weighted by molar-refractivity contribution is 5.97. The molecule has 0 N–H and O–H groups in total. The lowest BCUT2D eigenvalue weighted by Gasteiger charge is -2.47. The Hall–Kier alpha value is -3.79. The molecule has 1 saturated carbocycles. The molecule has 3 fully saturated rings. The van der Waals surface area contributed by atoms with Crippen molar-refractivity contribution in [1.82, 2.24) is 24.8 Å². The molecule has 6 rings (SSSR count). The van der Waals surface area contributed by atoms with Gasteiger partial charge in [0.1, 0.15) is 23.7 Å². The van der Waals surface area contributed by atoms with Crippen LogP contribution in [-0.2, 0) is 0 Å². The molecular weight excluding hydrogens is 605 g/mol. The van der Waals surface area contributed by atoms with E-state index in [1.165, 1.54) is 69.8 Å². The van der Waals surface area contributed by atoms with Crippen LogP contribution in [0.25, 0.3) is 0 Å². The quantitative estimate of drug-likeness (QED) is 0.230. The molecule has 9 nitrogen and oxygen atoms in total. The standard InChI is InChI=1S/C38H52FN7O2/c1-27(2)46(28(3)4)37(47)32-22-30(39)9-10-33(32)48-34-23-40-26-42-36(34)45-19-13-29(25-45)24-44-20-16-38(17-21-44)14-11-31(12-15-38)43(5)35-8-6-7-18-41-35/h6-10,18,22-23,26-29,31H,11-17,19-21,24-25H2,1-5H3/t29-/m0/s1. The van der Waals surface area contributed by atoms with Gasteiger partial charge in [0, 0.05) is 51.0 Å². The van der Waals surface area contributed by atoms with Gasteiger partial charge in [0.15, 0.2) is 11.6 Å². The molecule has 48 heavy (non-hydrogen) atoms. The summed E-state index contributed by atoms with van der Waals surface area (Å²) in [5.74, 6) is 2.37. The van der Waals surface area contributed by atoms with E-state index < -0.39 is 5.82 Å². The topological polar surface area (TPSA) is 77.9 Å². The molecular formula is C38H52FN7O2. The maximum atomic E-state index is 14.4. The van der Waals surface area contributed by atoms with E-state index in [9.17, 15) is 9.18 Å². The molecule has 0 radical (unpaired) electrons. The summed E-state index contributed by atoms with van der Waals surface area (Å²) in [4.78, 5) is 36.1. The first-order valence-corrected chi connectivity index (χ1v) is 17.8. The van der Waals surface area contributed by atoms with Crippen molar-refractivity contribution in [1.29, 1.82) is 0 Å². The number of likely N-dealkylation sites (tertiary alicyclic amines) is 1. The number of hydrogen-bond donors (Lipinski definition) is 0. The zero-order valence-electron chi connectivity index (χ0n) is 29.3. The van der Waals surface area contributed by atoms with Gasteiger partial charge in [-0.25, -0.2) is 19.3 Å². The number of ether oxygens (including phenoxy) is 1. The average Bonchev–Trinajstić information content (AvgIpc) is 3.55. The molecule has 1 aromatic carbocycles. The largest absolute Gasteiger partial charge is 0.451 e. The number of halogens is 1. The minimum absolute atomic E-state index is 0.0454. The van der Waals surface area contributed by atoms with Gasteiger partial charge in [-0.2, -0.15) is 0 Å². The number of carbonyl (C=O) groups is 1. The van der Waals surface area contributed by atoms with E-state index in [0.29, 0.717) is 34.7 Å². The summed E-state index contributed by atoms with van der Waals surface area (Å²) in [6.45, 7) is 13.0. The van der Waals surface area contributed by atoms with Gasteiger partial charge in [-0.15, -0.1) is 0 Å². The molecule has 10 heteroatoms. The van der Waals surface area contributed by atoms with Gasteiger partial charge in [-0.1, -0.05) is 6.07 Å². The summed E-state index contributed by atoms with van der Waals surface area (Å²) in [6, 6.07) is 10.8. The Kier molecular flexibility index (Phi) is 10.5. The lowest BCUT2D eigenvalue weighted by molar-refractivity contribution is 0.0561. The summed E-state index contributed by atoms with van der Waals surface area (Å²) >= 11 is 0. The first kappa shape index (κ1) is 34.1. The number of anilines is 2. The van der Waals surface area contributed by atoms with E-state index in [4.69, 9.17) is 4.74 Å². The lowest BCUT2D eigenvalue weighted by Crippen LogP contribution is -2.46. The van der Waals surface area contributed by atoms with Gasteiger partial charge in [0.05, 0.1) is 11.8 Å². The number of pyridine rings is 1. The SMILES string of the molecule is CC(C)N(C(=O)c1cc(F)ccc1Oc1cncnc1N1CC[C@@H](CN2CCC3(CCC(N(C)c4ccccn4)CC3)CC2)C1)C(C)C. The molecule has 2 aliphatic heterocycles. The number of aromatic nitrogens is 3. The summed E-state index contributed by atoms with van der Waals surface area (Å²) < 4.78 is 20.7. The molecule has 3 aromatic rings. The van der Waals surface area contributed by atoms with E-state index in [-0.39, 0.29) is 23.6 Å². The highest BCUT2D eigenvalue weighted by Crippen LogP contribution is 2.46. The van der Waals surface area contributed by atoms with Crippen molar-refractivity contribution in [3.8, 4) is 11.5 Å². The Labute approximate surface area is 285 Å². The van der Waals surface area contributed by atoms with Crippen molar-refractivity contribution in [3.05, 3.63) is 66.5 Å². The Morgan fingerprint density at radius 3 is 2.42 bits per heavy atom. The second-order valence-electron chi connectivity index (χ2n) is 14.8. The van der Waals surface area contributed by atoms with Crippen LogP contribution < -0.4 is 14.5 Å². The zero-order valence-corrected chi connectivity index (χ0v) is 29.3. The van der Waals surface area contributed by atoms with Crippen LogP contribution in [0.15, 0.2) is 55.1 Å². The highest BCUT2D eigenvalue weighted by Gasteiger charge is 2.40. The summed E-state index contributed by atoms with van der Waals surface area (Å²) in [5, 5.41) is 0. The van der Waals surface area contributed by atoms with E-state index in [1.54, 1.807) is 17.4 Å². The summed E-state index contributed by atoms with van der Waals surface area (Å²) in [7, 11) is 2.20. The second kappa shape index (κ2) is 14.8. The van der Waals surface area contributed by atoms with Gasteiger partial charge in [-0.3, -0.25) is 4.79 Å². The van der Waals surface area contributed by atoms with E-state index in [2.05, 4.69) is 48.8 Å². The average molecular weight is 658 g/mol. The number of amides is 1. The molecule has 1 aliphatic carbocycles. The maximum absolute atomic E-state index is 14.4. The van der Waals surface area contributed by atoms with Crippen molar-refractivity contribution >= 4 is 17.5 Å². The van der Waals surface area contributed by atoms with Crippen LogP contribution in [0.1, 0.15) is 83.0 Å². The molecule has 1 atom stereocenters. The van der Waals surface area contributed by atoms with Crippen molar-refractivity contribution in [2.45, 2.75) is 90.8 Å². The number of hydrogen-bond acceptors (Lipinski definition) is 8. The van der Waals surface area contributed by atoms with Crippen molar-refractivity contribution in [2.75, 3.05) is 49.6 Å². The number of piperidine rings is 1. The molecule has 258 valence electrons. The fourth-order valence-electron chi connectivity index (χ4n) is 8.30. The molecule has 2 saturated heterocycles. The number of nitrogens with zero attached hydrogens (tertiary/aromatic N) is 7. The fourth-order valence-corrected chi connectivity index (χ4v) is 8.30. The van der Waals surface area contributed by atoms with Crippen molar-refractivity contribution < 1.29 is 13.9 Å². The van der Waals surface area contributed by atoms with E-state index >= 15 is 0 Å². The summed E-state index contributed by atoms with van der Waals surface area (Å²) in [6.07, 6.45) is 13.8. The number of rotatable bonds is 10. The van der Waals surface area contributed by atoms with Crippen LogP contribution in [0.2, 0.25) is 0 Å². The first-order valence-electron chi connectivity index (χ1n) is 17.8. The summed E-state index contributed by atoms with van der Waals surface area (Å²) in [5.41, 5.74) is 0.692. The lowest BCUT2D eigenvalue weighted by atomic mass is 9.66. The first-order chi connectivity index (χ1) is 23.1. The van der Waals surface area contributed by atoms with Gasteiger partial charge in [0.2, 0.25) is 0 Å². The molecule has 2 aromatic heterocycles. The third-order valence-electron chi connectivity index (χ3n) is 11.0. The molecule has 3 aliphatic rings. The van der Waals surface area contributed by atoms with E-state index in [0.717, 1.165) is 31.9 Å². The van der Waals surface area contributed by atoms with Gasteiger partial charge in [-0.05, 0) is 127 Å². The third-order valence-corrected chi connectivity index (χ3v) is 11.0. The maximum Gasteiger partial charge on any atom is 0.258 e. The van der Waals surface area contributed by atoms with Gasteiger partial charge in [0.25, 0.3) is 5.91 Å². The Morgan fingerprint density at radius 1 is 0.979 bits per heavy atom. The predicted molar refractivity (Wildman–Crippen MR) is 188 cm³/mol. The van der Waals surface area contributed by atoms with Crippen LogP contribution in [0, 0.1) is 17.2 Å². The minimum Gasteiger partial charge on any atom is -0.451 e. The third kappa shape index (κ3) is 7.59. The smallest absolute Gasteiger partial charge is 0.258 e. The highest BCUT2D eigenvalue weighted by atomic mass is 19.1. The van der Waals surface area contributed by atoms with Crippen molar-refractivity contribution in [2.24, 2.45) is 11.3 Å². The molecule has 0 unspecified atom stereocenters. The number of benzene rings is 1. The molecule has 0 bridgehead atoms. The van der Waals surface area contributed by atoms with Crippen LogP contribution in [0.3, 0.4) is 0 Å². The zero-order chi connectivity index (χ0) is 33.8. The van der Waals surface area contributed by atoms with Crippen LogP contribution in [0.5, 0.6) is 11.5 Å². The van der Waals surface area contributed by atoms with E-state index in [1.807, 2.05) is 40.0 Å². The Bertz CT molecular complexity index is 1510. The second-order valence-corrected chi connectivity index (χ2v) is 14.8. The predicted octanol–water partition coefficient (Wildman–Crippen LogP) is 7.05. The Balaban J connectivity index is 1.04. The Morgan fingerprint density at radius 2 is 1.73 bits per heavy atom. The molecule has 1 amide bonds. The molecule has 1 spiro atoms. The number of carbonyl (C=O) groups excluding carboxylic acids is 1. The van der Waals surface area contributed by atoms with Crippen LogP contribution in [-0.4, -0.2) is 88.6 Å².